The number of nitrogens with one attached hydrogen (secondary N) is 1. The zero-order valence-electron chi connectivity index (χ0n) is 21.1. The van der Waals surface area contributed by atoms with Crippen molar-refractivity contribution in [2.45, 2.75) is 18.6 Å². The standard InChI is InChI=1S/C32H23F3N4O/c33-32(34,35)26-12-7-13-27(19-26)37-31(40)25(21-36)18-22-14-16-28(17-15-22)39-30(24-10-5-2-6-11-24)20-29(38-39)23-8-3-1-4-9-23/h1-19,30H,20H2,(H,37,40)/b25-18+. The fourth-order valence-electron chi connectivity index (χ4n) is 4.50. The van der Waals surface area contributed by atoms with Crippen LogP contribution in [-0.4, -0.2) is 11.6 Å². The molecule has 8 heteroatoms. The fourth-order valence-corrected chi connectivity index (χ4v) is 4.50. The molecule has 5 nitrogen and oxygen atoms in total. The number of benzene rings is 4. The van der Waals surface area contributed by atoms with Crippen LogP contribution in [0.4, 0.5) is 24.5 Å². The highest BCUT2D eigenvalue weighted by atomic mass is 19.4. The highest BCUT2D eigenvalue weighted by molar-refractivity contribution is 6.09. The Morgan fingerprint density at radius 3 is 2.25 bits per heavy atom. The smallest absolute Gasteiger partial charge is 0.321 e. The van der Waals surface area contributed by atoms with Gasteiger partial charge in [-0.05, 0) is 53.1 Å². The SMILES string of the molecule is N#C/C(=C\c1ccc(N2N=C(c3ccccc3)CC2c2ccccc2)cc1)C(=O)Nc1cccc(C(F)(F)F)c1. The Morgan fingerprint density at radius 2 is 1.60 bits per heavy atom. The Bertz CT molecular complexity index is 1610. The quantitative estimate of drug-likeness (QED) is 0.204. The molecule has 1 heterocycles. The summed E-state index contributed by atoms with van der Waals surface area (Å²) in [7, 11) is 0. The van der Waals surface area contributed by atoms with Gasteiger partial charge in [-0.15, -0.1) is 0 Å². The molecule has 1 unspecified atom stereocenters. The number of carbonyl (C=O) groups is 1. The number of anilines is 2. The molecule has 1 amide bonds. The number of hydrogen-bond donors (Lipinski definition) is 1. The first-order valence-corrected chi connectivity index (χ1v) is 12.5. The minimum Gasteiger partial charge on any atom is -0.321 e. The van der Waals surface area contributed by atoms with E-state index >= 15 is 0 Å². The Kier molecular flexibility index (Phi) is 7.47. The van der Waals surface area contributed by atoms with Crippen LogP contribution in [0.25, 0.3) is 6.08 Å². The van der Waals surface area contributed by atoms with Crippen molar-refractivity contribution in [1.29, 1.82) is 5.26 Å². The van der Waals surface area contributed by atoms with Crippen LogP contribution in [0.3, 0.4) is 0 Å². The molecule has 4 aromatic carbocycles. The number of hydrogen-bond acceptors (Lipinski definition) is 4. The number of rotatable bonds is 6. The van der Waals surface area contributed by atoms with Crippen LogP contribution in [0.2, 0.25) is 0 Å². The third-order valence-electron chi connectivity index (χ3n) is 6.48. The van der Waals surface area contributed by atoms with Gasteiger partial charge in [-0.1, -0.05) is 78.9 Å². The van der Waals surface area contributed by atoms with Gasteiger partial charge in [0.05, 0.1) is 23.0 Å². The molecule has 5 rings (SSSR count). The van der Waals surface area contributed by atoms with Gasteiger partial charge in [-0.25, -0.2) is 0 Å². The normalized spacial score (nSPS) is 15.3. The van der Waals surface area contributed by atoms with Gasteiger partial charge < -0.3 is 5.32 Å². The largest absolute Gasteiger partial charge is 0.416 e. The van der Waals surface area contributed by atoms with E-state index in [0.29, 0.717) is 5.56 Å². The summed E-state index contributed by atoms with van der Waals surface area (Å²) in [4.78, 5) is 12.6. The molecule has 1 aliphatic rings. The van der Waals surface area contributed by atoms with Crippen molar-refractivity contribution in [2.24, 2.45) is 5.10 Å². The maximum atomic E-state index is 13.0. The molecule has 0 saturated heterocycles. The first-order chi connectivity index (χ1) is 19.3. The minimum absolute atomic E-state index is 0.00860. The molecule has 0 radical (unpaired) electrons. The highest BCUT2D eigenvalue weighted by Gasteiger charge is 2.31. The zero-order chi connectivity index (χ0) is 28.1. The second-order valence-corrected chi connectivity index (χ2v) is 9.18. The molecular formula is C32H23F3N4O. The van der Waals surface area contributed by atoms with Crippen LogP contribution in [0.15, 0.2) is 120 Å². The number of hydrazone groups is 1. The van der Waals surface area contributed by atoms with Gasteiger partial charge in [-0.3, -0.25) is 9.80 Å². The molecule has 40 heavy (non-hydrogen) atoms. The topological polar surface area (TPSA) is 68.5 Å². The molecule has 0 saturated carbocycles. The summed E-state index contributed by atoms with van der Waals surface area (Å²) in [5, 5.41) is 18.8. The maximum Gasteiger partial charge on any atom is 0.416 e. The number of halogens is 3. The zero-order valence-corrected chi connectivity index (χ0v) is 21.1. The van der Waals surface area contributed by atoms with Crippen LogP contribution in [-0.2, 0) is 11.0 Å². The van der Waals surface area contributed by atoms with E-state index < -0.39 is 17.6 Å². The lowest BCUT2D eigenvalue weighted by Gasteiger charge is -2.24. The molecule has 1 aliphatic heterocycles. The molecule has 0 bridgehead atoms. The second kappa shape index (κ2) is 11.3. The summed E-state index contributed by atoms with van der Waals surface area (Å²) >= 11 is 0. The van der Waals surface area contributed by atoms with Gasteiger partial charge in [0.25, 0.3) is 5.91 Å². The first kappa shape index (κ1) is 26.4. The molecule has 1 N–H and O–H groups in total. The molecule has 0 aromatic heterocycles. The lowest BCUT2D eigenvalue weighted by atomic mass is 9.98. The van der Waals surface area contributed by atoms with E-state index in [4.69, 9.17) is 5.10 Å². The van der Waals surface area contributed by atoms with Gasteiger partial charge in [0.15, 0.2) is 0 Å². The molecule has 0 fully saturated rings. The highest BCUT2D eigenvalue weighted by Crippen LogP contribution is 2.37. The molecular weight excluding hydrogens is 513 g/mol. The third-order valence-corrected chi connectivity index (χ3v) is 6.48. The van der Waals surface area contributed by atoms with E-state index in [9.17, 15) is 23.2 Å². The Balaban J connectivity index is 1.38. The number of nitriles is 1. The van der Waals surface area contributed by atoms with Crippen molar-refractivity contribution >= 4 is 29.1 Å². The molecule has 0 aliphatic carbocycles. The number of alkyl halides is 3. The van der Waals surface area contributed by atoms with Crippen molar-refractivity contribution in [3.63, 3.8) is 0 Å². The van der Waals surface area contributed by atoms with Crippen molar-refractivity contribution in [3.05, 3.63) is 137 Å². The number of nitrogens with zero attached hydrogens (tertiary/aromatic N) is 3. The van der Waals surface area contributed by atoms with Crippen molar-refractivity contribution in [3.8, 4) is 6.07 Å². The average molecular weight is 537 g/mol. The van der Waals surface area contributed by atoms with E-state index in [-0.39, 0.29) is 17.3 Å². The van der Waals surface area contributed by atoms with Gasteiger partial charge in [0, 0.05) is 12.1 Å². The Hall–Kier alpha value is -5.16. The lowest BCUT2D eigenvalue weighted by Crippen LogP contribution is -2.18. The van der Waals surface area contributed by atoms with Gasteiger partial charge in [0.1, 0.15) is 11.6 Å². The minimum atomic E-state index is -4.54. The monoisotopic (exact) mass is 536 g/mol. The van der Waals surface area contributed by atoms with Crippen LogP contribution >= 0.6 is 0 Å². The molecule has 198 valence electrons. The Labute approximate surface area is 229 Å². The molecule has 4 aromatic rings. The number of carbonyl (C=O) groups excluding carboxylic acids is 1. The molecule has 0 spiro atoms. The summed E-state index contributed by atoms with van der Waals surface area (Å²) in [5.41, 5.74) is 3.39. The summed E-state index contributed by atoms with van der Waals surface area (Å²) < 4.78 is 39.0. The maximum absolute atomic E-state index is 13.0. The second-order valence-electron chi connectivity index (χ2n) is 9.18. The summed E-state index contributed by atoms with van der Waals surface area (Å²) in [6.45, 7) is 0. The van der Waals surface area contributed by atoms with Crippen LogP contribution in [0, 0.1) is 11.3 Å². The number of amides is 1. The first-order valence-electron chi connectivity index (χ1n) is 12.5. The summed E-state index contributed by atoms with van der Waals surface area (Å²) in [6, 6.07) is 33.4. The summed E-state index contributed by atoms with van der Waals surface area (Å²) in [5.74, 6) is -0.799. The van der Waals surface area contributed by atoms with Gasteiger partial charge >= 0.3 is 6.18 Å². The predicted octanol–water partition coefficient (Wildman–Crippen LogP) is 7.61. The molecule has 1 atom stereocenters. The van der Waals surface area contributed by atoms with Crippen molar-refractivity contribution in [2.75, 3.05) is 10.3 Å². The van der Waals surface area contributed by atoms with Crippen LogP contribution in [0.1, 0.15) is 34.7 Å². The fraction of sp³-hybridized carbons (Fsp3) is 0.0938. The van der Waals surface area contributed by atoms with Gasteiger partial charge in [0.2, 0.25) is 0 Å². The summed E-state index contributed by atoms with van der Waals surface area (Å²) in [6.07, 6.45) is -2.43. The lowest BCUT2D eigenvalue weighted by molar-refractivity contribution is -0.137. The van der Waals surface area contributed by atoms with E-state index in [1.807, 2.05) is 71.7 Å². The van der Waals surface area contributed by atoms with E-state index in [0.717, 1.165) is 41.1 Å². The van der Waals surface area contributed by atoms with Crippen molar-refractivity contribution in [1.82, 2.24) is 0 Å². The predicted molar refractivity (Wildman–Crippen MR) is 149 cm³/mol. The van der Waals surface area contributed by atoms with E-state index in [1.165, 1.54) is 18.2 Å². The van der Waals surface area contributed by atoms with Crippen molar-refractivity contribution < 1.29 is 18.0 Å². The van der Waals surface area contributed by atoms with Crippen LogP contribution < -0.4 is 10.3 Å². The van der Waals surface area contributed by atoms with Gasteiger partial charge in [-0.2, -0.15) is 23.5 Å². The van der Waals surface area contributed by atoms with E-state index in [1.54, 1.807) is 12.1 Å². The average Bonchev–Trinajstić information content (AvgIpc) is 3.42. The van der Waals surface area contributed by atoms with E-state index in [2.05, 4.69) is 17.4 Å². The Morgan fingerprint density at radius 1 is 0.925 bits per heavy atom. The third kappa shape index (κ3) is 5.94. The van der Waals surface area contributed by atoms with Crippen LogP contribution in [0.5, 0.6) is 0 Å².